The van der Waals surface area contributed by atoms with Gasteiger partial charge in [0, 0.05) is 29.2 Å². The smallest absolute Gasteiger partial charge is 0.247 e. The molecular formula is C26H31ClN4O4S3. The van der Waals surface area contributed by atoms with E-state index in [1.807, 2.05) is 0 Å². The Morgan fingerprint density at radius 2 is 1.58 bits per heavy atom. The lowest BCUT2D eigenvalue weighted by molar-refractivity contribution is 0.346. The number of rotatable bonds is 11. The molecule has 0 saturated carbocycles. The zero-order valence-corrected chi connectivity index (χ0v) is 24.3. The molecule has 2 aromatic carbocycles. The van der Waals surface area contributed by atoms with Crippen molar-refractivity contribution in [2.75, 3.05) is 17.8 Å². The van der Waals surface area contributed by atoms with Crippen LogP contribution in [0.1, 0.15) is 51.1 Å². The third-order valence-electron chi connectivity index (χ3n) is 6.20. The van der Waals surface area contributed by atoms with Crippen LogP contribution in [-0.4, -0.2) is 44.2 Å². The second-order valence-corrected chi connectivity index (χ2v) is 14.2. The van der Waals surface area contributed by atoms with Gasteiger partial charge in [0.1, 0.15) is 0 Å². The van der Waals surface area contributed by atoms with Gasteiger partial charge in [0.05, 0.1) is 20.4 Å². The van der Waals surface area contributed by atoms with Crippen molar-refractivity contribution in [2.24, 2.45) is 0 Å². The Balaban J connectivity index is 1.53. The molecule has 0 amide bonds. The number of nitrogens with zero attached hydrogens (tertiary/aromatic N) is 3. The van der Waals surface area contributed by atoms with Crippen LogP contribution in [0.3, 0.4) is 0 Å². The molecule has 1 saturated heterocycles. The number of nitrogens with one attached hydrogen (secondary N) is 1. The molecule has 0 unspecified atom stereocenters. The molecule has 1 aliphatic rings. The number of halogens is 1. The molecule has 1 aliphatic heterocycles. The monoisotopic (exact) mass is 594 g/mol. The quantitative estimate of drug-likeness (QED) is 0.272. The summed E-state index contributed by atoms with van der Waals surface area (Å²) in [7, 11) is -7.37. The van der Waals surface area contributed by atoms with Crippen molar-refractivity contribution >= 4 is 49.4 Å². The summed E-state index contributed by atoms with van der Waals surface area (Å²) in [6, 6.07) is 12.7. The highest BCUT2D eigenvalue weighted by atomic mass is 35.5. The Morgan fingerprint density at radius 1 is 0.921 bits per heavy atom. The van der Waals surface area contributed by atoms with Gasteiger partial charge in [-0.25, -0.2) is 31.5 Å². The standard InChI is InChI=1S/C26H31ClN4O4S3/c1-2-3-5-8-24-25(19-28-26(29-24)30-37(32,33)22-13-9-20(27)10-14-22)36-21-11-15-23(16-12-21)38(34,35)31-17-6-4-7-18-31/h9-16,19H,2-8,17-18H2,1H3,(H,28,29,30). The van der Waals surface area contributed by atoms with Crippen molar-refractivity contribution in [2.45, 2.75) is 71.5 Å². The Labute approximate surface area is 234 Å². The number of hydrogen-bond donors (Lipinski definition) is 1. The van der Waals surface area contributed by atoms with E-state index in [9.17, 15) is 16.8 Å². The summed E-state index contributed by atoms with van der Waals surface area (Å²) in [6.07, 6.45) is 8.06. The van der Waals surface area contributed by atoms with Gasteiger partial charge < -0.3 is 0 Å². The van der Waals surface area contributed by atoms with Gasteiger partial charge in [-0.05, 0) is 74.2 Å². The van der Waals surface area contributed by atoms with Crippen LogP contribution >= 0.6 is 23.4 Å². The highest BCUT2D eigenvalue weighted by molar-refractivity contribution is 7.99. The summed E-state index contributed by atoms with van der Waals surface area (Å²) in [5.74, 6) is -0.00114. The van der Waals surface area contributed by atoms with Crippen molar-refractivity contribution in [3.8, 4) is 0 Å². The van der Waals surface area contributed by atoms with Crippen LogP contribution in [0.2, 0.25) is 5.02 Å². The van der Waals surface area contributed by atoms with E-state index in [0.717, 1.165) is 54.0 Å². The van der Waals surface area contributed by atoms with E-state index in [2.05, 4.69) is 21.6 Å². The van der Waals surface area contributed by atoms with Crippen LogP contribution in [0, 0.1) is 0 Å². The fraction of sp³-hybridized carbons (Fsp3) is 0.385. The molecule has 0 spiro atoms. The molecule has 4 rings (SSSR count). The lowest BCUT2D eigenvalue weighted by atomic mass is 10.1. The zero-order chi connectivity index (χ0) is 27.2. The maximum atomic E-state index is 13.0. The zero-order valence-electron chi connectivity index (χ0n) is 21.1. The predicted octanol–water partition coefficient (Wildman–Crippen LogP) is 5.99. The van der Waals surface area contributed by atoms with E-state index in [1.54, 1.807) is 34.8 Å². The van der Waals surface area contributed by atoms with Gasteiger partial charge in [0.2, 0.25) is 16.0 Å². The largest absolute Gasteiger partial charge is 0.264 e. The summed E-state index contributed by atoms with van der Waals surface area (Å²) in [5.41, 5.74) is 0.734. The number of anilines is 1. The van der Waals surface area contributed by atoms with E-state index >= 15 is 0 Å². The van der Waals surface area contributed by atoms with Gasteiger partial charge in [-0.2, -0.15) is 4.31 Å². The topological polar surface area (TPSA) is 109 Å². The van der Waals surface area contributed by atoms with Crippen molar-refractivity contribution in [1.29, 1.82) is 0 Å². The molecule has 8 nitrogen and oxygen atoms in total. The number of aromatic nitrogens is 2. The fourth-order valence-corrected chi connectivity index (χ4v) is 7.61. The number of unbranched alkanes of at least 4 members (excludes halogenated alkanes) is 2. The maximum Gasteiger partial charge on any atom is 0.264 e. The number of hydrogen-bond acceptors (Lipinski definition) is 7. The molecule has 3 aromatic rings. The van der Waals surface area contributed by atoms with Gasteiger partial charge in [0.25, 0.3) is 10.0 Å². The van der Waals surface area contributed by atoms with E-state index in [0.29, 0.717) is 24.5 Å². The normalized spacial score (nSPS) is 14.9. The Bertz CT molecular complexity index is 1440. The highest BCUT2D eigenvalue weighted by Crippen LogP contribution is 2.32. The first-order valence-electron chi connectivity index (χ1n) is 12.6. The Hall–Kier alpha value is -2.18. The molecule has 1 fully saturated rings. The lowest BCUT2D eigenvalue weighted by Crippen LogP contribution is -2.35. The van der Waals surface area contributed by atoms with Crippen molar-refractivity contribution in [3.05, 3.63) is 65.4 Å². The van der Waals surface area contributed by atoms with Gasteiger partial charge in [-0.3, -0.25) is 0 Å². The van der Waals surface area contributed by atoms with Crippen molar-refractivity contribution < 1.29 is 16.8 Å². The van der Waals surface area contributed by atoms with E-state index in [1.165, 1.54) is 36.0 Å². The highest BCUT2D eigenvalue weighted by Gasteiger charge is 2.26. The molecule has 0 aliphatic carbocycles. The van der Waals surface area contributed by atoms with Gasteiger partial charge in [0.15, 0.2) is 0 Å². The van der Waals surface area contributed by atoms with Gasteiger partial charge in [-0.15, -0.1) is 0 Å². The second-order valence-electron chi connectivity index (χ2n) is 9.06. The molecule has 0 bridgehead atoms. The molecule has 12 heteroatoms. The minimum atomic E-state index is -3.87. The van der Waals surface area contributed by atoms with Crippen LogP contribution < -0.4 is 4.72 Å². The van der Waals surface area contributed by atoms with Crippen LogP contribution in [0.15, 0.2) is 74.3 Å². The van der Waals surface area contributed by atoms with Gasteiger partial charge in [-0.1, -0.05) is 49.5 Å². The summed E-state index contributed by atoms with van der Waals surface area (Å²) >= 11 is 7.31. The SMILES string of the molecule is CCCCCc1nc(NS(=O)(=O)c2ccc(Cl)cc2)ncc1Sc1ccc(S(=O)(=O)N2CCCCC2)cc1. The summed E-state index contributed by atoms with van der Waals surface area (Å²) in [5, 5.41) is 0.442. The number of sulfonamides is 2. The van der Waals surface area contributed by atoms with E-state index < -0.39 is 20.0 Å². The maximum absolute atomic E-state index is 13.0. The van der Waals surface area contributed by atoms with Crippen LogP contribution in [0.5, 0.6) is 0 Å². The van der Waals surface area contributed by atoms with Crippen LogP contribution in [0.25, 0.3) is 0 Å². The summed E-state index contributed by atoms with van der Waals surface area (Å²) in [4.78, 5) is 10.8. The molecule has 38 heavy (non-hydrogen) atoms. The number of piperidine rings is 1. The fourth-order valence-electron chi connectivity index (χ4n) is 4.12. The summed E-state index contributed by atoms with van der Waals surface area (Å²) < 4.78 is 55.5. The first-order chi connectivity index (χ1) is 18.2. The van der Waals surface area contributed by atoms with Crippen LogP contribution in [0.4, 0.5) is 5.95 Å². The Kier molecular flexibility index (Phi) is 9.69. The molecule has 0 radical (unpaired) electrons. The number of aryl methyl sites for hydroxylation is 1. The molecule has 2 heterocycles. The average Bonchev–Trinajstić information content (AvgIpc) is 2.91. The number of benzene rings is 2. The molecule has 0 atom stereocenters. The lowest BCUT2D eigenvalue weighted by Gasteiger charge is -2.25. The third kappa shape index (κ3) is 7.26. The molecule has 1 aromatic heterocycles. The van der Waals surface area contributed by atoms with Crippen molar-refractivity contribution in [1.82, 2.24) is 14.3 Å². The second kappa shape index (κ2) is 12.8. The Morgan fingerprint density at radius 3 is 2.24 bits per heavy atom. The molecule has 1 N–H and O–H groups in total. The predicted molar refractivity (Wildman–Crippen MR) is 151 cm³/mol. The first kappa shape index (κ1) is 28.8. The molecular weight excluding hydrogens is 564 g/mol. The molecule has 204 valence electrons. The van der Waals surface area contributed by atoms with E-state index in [4.69, 9.17) is 11.6 Å². The van der Waals surface area contributed by atoms with Gasteiger partial charge >= 0.3 is 0 Å². The van der Waals surface area contributed by atoms with Crippen LogP contribution in [-0.2, 0) is 26.5 Å². The minimum absolute atomic E-state index is 0.00114. The summed E-state index contributed by atoms with van der Waals surface area (Å²) in [6.45, 7) is 3.23. The average molecular weight is 595 g/mol. The minimum Gasteiger partial charge on any atom is -0.247 e. The first-order valence-corrected chi connectivity index (χ1v) is 16.7. The van der Waals surface area contributed by atoms with Crippen molar-refractivity contribution in [3.63, 3.8) is 0 Å². The third-order valence-corrected chi connectivity index (χ3v) is 10.8. The van der Waals surface area contributed by atoms with E-state index in [-0.39, 0.29) is 15.7 Å².